The highest BCUT2D eigenvalue weighted by atomic mass is 19.4. The molecule has 2 N–H and O–H groups in total. The molecule has 0 aliphatic heterocycles. The van der Waals surface area contributed by atoms with Gasteiger partial charge in [-0.25, -0.2) is 4.39 Å². The fourth-order valence-corrected chi connectivity index (χ4v) is 1.29. The van der Waals surface area contributed by atoms with Gasteiger partial charge in [-0.1, -0.05) is 0 Å². The number of alkyl halides is 3. The van der Waals surface area contributed by atoms with E-state index >= 15 is 0 Å². The fourth-order valence-electron chi connectivity index (χ4n) is 1.29. The van der Waals surface area contributed by atoms with Gasteiger partial charge in [-0.05, 0) is 6.42 Å². The lowest BCUT2D eigenvalue weighted by atomic mass is 10.2. The van der Waals surface area contributed by atoms with E-state index in [1.165, 1.54) is 13.2 Å². The van der Waals surface area contributed by atoms with Gasteiger partial charge in [0.2, 0.25) is 0 Å². The molecule has 0 spiro atoms. The second kappa shape index (κ2) is 5.79. The third kappa shape index (κ3) is 4.31. The second-order valence-electron chi connectivity index (χ2n) is 3.59. The predicted molar refractivity (Wildman–Crippen MR) is 58.1 cm³/mol. The van der Waals surface area contributed by atoms with Gasteiger partial charge < -0.3 is 15.2 Å². The Labute approximate surface area is 101 Å². The van der Waals surface area contributed by atoms with E-state index in [0.717, 1.165) is 6.07 Å². The maximum Gasteiger partial charge on any atom is 0.389 e. The average molecular weight is 267 g/mol. The van der Waals surface area contributed by atoms with E-state index in [0.29, 0.717) is 0 Å². The first-order valence-corrected chi connectivity index (χ1v) is 5.16. The molecule has 3 nitrogen and oxygen atoms in total. The van der Waals surface area contributed by atoms with Crippen LogP contribution in [0.15, 0.2) is 12.1 Å². The lowest BCUT2D eigenvalue weighted by molar-refractivity contribution is -0.136. The molecule has 0 unspecified atom stereocenters. The van der Waals surface area contributed by atoms with E-state index in [-0.39, 0.29) is 30.2 Å². The van der Waals surface area contributed by atoms with Gasteiger partial charge in [-0.3, -0.25) is 0 Å². The Morgan fingerprint density at radius 1 is 1.22 bits per heavy atom. The molecule has 0 fully saturated rings. The van der Waals surface area contributed by atoms with Crippen molar-refractivity contribution in [1.82, 2.24) is 0 Å². The molecule has 0 radical (unpaired) electrons. The Kier molecular flexibility index (Phi) is 4.63. The van der Waals surface area contributed by atoms with Crippen LogP contribution in [0.5, 0.6) is 11.5 Å². The minimum atomic E-state index is -4.24. The molecule has 102 valence electrons. The Bertz CT molecular complexity index is 407. The second-order valence-corrected chi connectivity index (χ2v) is 3.59. The van der Waals surface area contributed by atoms with Crippen LogP contribution in [-0.2, 0) is 0 Å². The molecular formula is C11H13F4NO2. The zero-order chi connectivity index (χ0) is 13.8. The summed E-state index contributed by atoms with van der Waals surface area (Å²) in [5, 5.41) is 0. The SMILES string of the molecule is COc1cc(OCCCC(F)(F)F)c(F)cc1N. The van der Waals surface area contributed by atoms with Gasteiger partial charge in [0.1, 0.15) is 5.75 Å². The lowest BCUT2D eigenvalue weighted by Crippen LogP contribution is -2.10. The third-order valence-corrected chi connectivity index (χ3v) is 2.15. The van der Waals surface area contributed by atoms with Crippen LogP contribution in [0.1, 0.15) is 12.8 Å². The molecule has 0 amide bonds. The van der Waals surface area contributed by atoms with E-state index in [1.807, 2.05) is 0 Å². The van der Waals surface area contributed by atoms with Gasteiger partial charge in [-0.2, -0.15) is 13.2 Å². The molecule has 18 heavy (non-hydrogen) atoms. The lowest BCUT2D eigenvalue weighted by Gasteiger charge is -2.11. The van der Waals surface area contributed by atoms with Crippen molar-refractivity contribution in [2.75, 3.05) is 19.5 Å². The molecule has 0 aliphatic carbocycles. The van der Waals surface area contributed by atoms with Crippen molar-refractivity contribution in [2.24, 2.45) is 0 Å². The highest BCUT2D eigenvalue weighted by Crippen LogP contribution is 2.30. The minimum absolute atomic E-state index is 0.0950. The largest absolute Gasteiger partial charge is 0.494 e. The summed E-state index contributed by atoms with van der Waals surface area (Å²) in [5.41, 5.74) is 5.54. The van der Waals surface area contributed by atoms with Gasteiger partial charge >= 0.3 is 6.18 Å². The third-order valence-electron chi connectivity index (χ3n) is 2.15. The Morgan fingerprint density at radius 2 is 1.89 bits per heavy atom. The van der Waals surface area contributed by atoms with E-state index in [2.05, 4.69) is 0 Å². The summed E-state index contributed by atoms with van der Waals surface area (Å²) in [5.74, 6) is -0.703. The van der Waals surface area contributed by atoms with E-state index < -0.39 is 18.4 Å². The highest BCUT2D eigenvalue weighted by molar-refractivity contribution is 5.56. The van der Waals surface area contributed by atoms with Gasteiger partial charge in [0.05, 0.1) is 19.4 Å². The summed E-state index contributed by atoms with van der Waals surface area (Å²) in [6, 6.07) is 2.20. The summed E-state index contributed by atoms with van der Waals surface area (Å²) in [4.78, 5) is 0. The smallest absolute Gasteiger partial charge is 0.389 e. The van der Waals surface area contributed by atoms with E-state index in [1.54, 1.807) is 0 Å². The monoisotopic (exact) mass is 267 g/mol. The number of hydrogen-bond donors (Lipinski definition) is 1. The molecule has 7 heteroatoms. The molecule has 0 aliphatic rings. The summed E-state index contributed by atoms with van der Waals surface area (Å²) in [7, 11) is 1.34. The molecular weight excluding hydrogens is 254 g/mol. The van der Waals surface area contributed by atoms with E-state index in [4.69, 9.17) is 15.2 Å². The van der Waals surface area contributed by atoms with Crippen LogP contribution in [0.2, 0.25) is 0 Å². The van der Waals surface area contributed by atoms with Crippen LogP contribution < -0.4 is 15.2 Å². The summed E-state index contributed by atoms with van der Waals surface area (Å²) in [6.07, 6.45) is -5.45. The molecule has 1 aromatic carbocycles. The van der Waals surface area contributed by atoms with Gasteiger partial charge in [-0.15, -0.1) is 0 Å². The van der Waals surface area contributed by atoms with Crippen molar-refractivity contribution in [3.05, 3.63) is 17.9 Å². The first kappa shape index (κ1) is 14.4. The van der Waals surface area contributed by atoms with Gasteiger partial charge in [0.15, 0.2) is 11.6 Å². The number of rotatable bonds is 5. The number of nitrogens with two attached hydrogens (primary N) is 1. The van der Waals surface area contributed by atoms with Gasteiger partial charge in [0.25, 0.3) is 0 Å². The quantitative estimate of drug-likeness (QED) is 0.506. The predicted octanol–water partition coefficient (Wildman–Crippen LogP) is 3.14. The number of ether oxygens (including phenoxy) is 2. The zero-order valence-corrected chi connectivity index (χ0v) is 9.68. The average Bonchev–Trinajstić information content (AvgIpc) is 2.25. The van der Waals surface area contributed by atoms with Crippen molar-refractivity contribution in [2.45, 2.75) is 19.0 Å². The fraction of sp³-hybridized carbons (Fsp3) is 0.455. The van der Waals surface area contributed by atoms with Crippen LogP contribution in [0, 0.1) is 5.82 Å². The van der Waals surface area contributed by atoms with Crippen molar-refractivity contribution < 1.29 is 27.0 Å². The van der Waals surface area contributed by atoms with Crippen molar-refractivity contribution in [3.63, 3.8) is 0 Å². The van der Waals surface area contributed by atoms with Crippen molar-refractivity contribution in [1.29, 1.82) is 0 Å². The molecule has 1 rings (SSSR count). The summed E-state index contributed by atoms with van der Waals surface area (Å²) in [6.45, 7) is -0.233. The van der Waals surface area contributed by atoms with Crippen LogP contribution in [0.3, 0.4) is 0 Å². The molecule has 0 saturated carbocycles. The maximum absolute atomic E-state index is 13.3. The topological polar surface area (TPSA) is 44.5 Å². The number of methoxy groups -OCH3 is 1. The highest BCUT2D eigenvalue weighted by Gasteiger charge is 2.26. The van der Waals surface area contributed by atoms with Crippen LogP contribution in [-0.4, -0.2) is 19.9 Å². The van der Waals surface area contributed by atoms with Gasteiger partial charge in [0, 0.05) is 18.6 Å². The standard InChI is InChI=1S/C11H13F4NO2/c1-17-10-6-9(7(12)5-8(10)16)18-4-2-3-11(13,14)15/h5-6H,2-4,16H2,1H3. The van der Waals surface area contributed by atoms with Crippen LogP contribution >= 0.6 is 0 Å². The number of nitrogen functional groups attached to an aromatic ring is 1. The summed E-state index contributed by atoms with van der Waals surface area (Å²) < 4.78 is 58.7. The molecule has 0 heterocycles. The maximum atomic E-state index is 13.3. The first-order chi connectivity index (χ1) is 8.33. The van der Waals surface area contributed by atoms with Crippen molar-refractivity contribution in [3.8, 4) is 11.5 Å². The van der Waals surface area contributed by atoms with E-state index in [9.17, 15) is 17.6 Å². The minimum Gasteiger partial charge on any atom is -0.494 e. The molecule has 1 aromatic rings. The molecule has 0 aromatic heterocycles. The van der Waals surface area contributed by atoms with Crippen molar-refractivity contribution >= 4 is 5.69 Å². The van der Waals surface area contributed by atoms with Crippen LogP contribution in [0.4, 0.5) is 23.2 Å². The molecule has 0 bridgehead atoms. The normalized spacial score (nSPS) is 11.4. The number of halogens is 4. The Hall–Kier alpha value is -1.66. The number of benzene rings is 1. The number of hydrogen-bond acceptors (Lipinski definition) is 3. The Balaban J connectivity index is 2.57. The number of anilines is 1. The van der Waals surface area contributed by atoms with Crippen LogP contribution in [0.25, 0.3) is 0 Å². The molecule has 0 atom stereocenters. The zero-order valence-electron chi connectivity index (χ0n) is 9.68. The summed E-state index contributed by atoms with van der Waals surface area (Å²) >= 11 is 0. The molecule has 0 saturated heterocycles. The first-order valence-electron chi connectivity index (χ1n) is 5.16. The Morgan fingerprint density at radius 3 is 2.44 bits per heavy atom.